The van der Waals surface area contributed by atoms with Gasteiger partial charge in [0.05, 0.1) is 12.2 Å². The highest BCUT2D eigenvalue weighted by Gasteiger charge is 2.06. The zero-order valence-corrected chi connectivity index (χ0v) is 12.7. The van der Waals surface area contributed by atoms with E-state index in [0.29, 0.717) is 6.54 Å². The van der Waals surface area contributed by atoms with Crippen LogP contribution in [0.25, 0.3) is 10.6 Å². The molecular formula is C16H16FN3S. The molecule has 0 amide bonds. The Balaban J connectivity index is 1.72. The Morgan fingerprint density at radius 2 is 1.76 bits per heavy atom. The average Bonchev–Trinajstić information content (AvgIpc) is 3.06. The summed E-state index contributed by atoms with van der Waals surface area (Å²) in [5.74, 6) is -0.226. The molecule has 3 nitrogen and oxygen atoms in total. The second-order valence-electron chi connectivity index (χ2n) is 4.94. The van der Waals surface area contributed by atoms with Gasteiger partial charge in [0, 0.05) is 22.3 Å². The molecule has 2 heterocycles. The predicted molar refractivity (Wildman–Crippen MR) is 84.5 cm³/mol. The van der Waals surface area contributed by atoms with Crippen molar-refractivity contribution < 1.29 is 4.39 Å². The smallest absolute Gasteiger partial charge is 0.123 e. The number of aryl methyl sites for hydroxylation is 2. The Bertz CT molecular complexity index is 724. The molecule has 0 aliphatic carbocycles. The van der Waals surface area contributed by atoms with Crippen LogP contribution in [0.5, 0.6) is 0 Å². The van der Waals surface area contributed by atoms with Gasteiger partial charge in [-0.1, -0.05) is 0 Å². The molecule has 0 atom stereocenters. The first-order valence-electron chi connectivity index (χ1n) is 6.72. The van der Waals surface area contributed by atoms with Gasteiger partial charge in [-0.25, -0.2) is 9.37 Å². The summed E-state index contributed by atoms with van der Waals surface area (Å²) >= 11 is 1.57. The van der Waals surface area contributed by atoms with Crippen LogP contribution in [0.2, 0.25) is 0 Å². The quantitative estimate of drug-likeness (QED) is 0.786. The Kier molecular flexibility index (Phi) is 3.75. The molecule has 0 spiro atoms. The molecule has 2 aromatic heterocycles. The minimum Gasteiger partial charge on any atom is -0.320 e. The lowest BCUT2D eigenvalue weighted by Crippen LogP contribution is -2.17. The van der Waals surface area contributed by atoms with E-state index in [1.165, 1.54) is 23.5 Å². The fraction of sp³-hybridized carbons (Fsp3) is 0.188. The summed E-state index contributed by atoms with van der Waals surface area (Å²) in [4.78, 5) is 4.59. The molecule has 5 heteroatoms. The number of thiazole rings is 1. The zero-order chi connectivity index (χ0) is 14.8. The maximum absolute atomic E-state index is 12.9. The summed E-state index contributed by atoms with van der Waals surface area (Å²) in [7, 11) is 0. The normalized spacial score (nSPS) is 10.8. The molecule has 0 aliphatic heterocycles. The number of hydrogen-bond acceptors (Lipinski definition) is 3. The van der Waals surface area contributed by atoms with Crippen molar-refractivity contribution >= 4 is 11.3 Å². The summed E-state index contributed by atoms with van der Waals surface area (Å²) < 4.78 is 15.0. The van der Waals surface area contributed by atoms with E-state index in [4.69, 9.17) is 0 Å². The molecule has 108 valence electrons. The number of nitrogens with one attached hydrogen (secondary N) is 1. The molecule has 0 unspecified atom stereocenters. The van der Waals surface area contributed by atoms with Crippen molar-refractivity contribution in [3.8, 4) is 10.6 Å². The zero-order valence-electron chi connectivity index (χ0n) is 11.9. The fourth-order valence-electron chi connectivity index (χ4n) is 2.19. The monoisotopic (exact) mass is 301 g/mol. The van der Waals surface area contributed by atoms with Gasteiger partial charge in [0.2, 0.25) is 0 Å². The third-order valence-electron chi connectivity index (χ3n) is 3.33. The van der Waals surface area contributed by atoms with Crippen LogP contribution in [0.1, 0.15) is 17.1 Å². The lowest BCUT2D eigenvalue weighted by atomic mass is 10.2. The molecule has 3 aromatic rings. The van der Waals surface area contributed by atoms with E-state index in [-0.39, 0.29) is 5.82 Å². The minimum absolute atomic E-state index is 0.226. The van der Waals surface area contributed by atoms with Crippen molar-refractivity contribution in [1.29, 1.82) is 0 Å². The molecule has 1 aromatic carbocycles. The molecule has 0 fully saturated rings. The SMILES string of the molecule is Cc1ccc(C)n1NCc1csc(-c2ccc(F)cc2)n1. The molecule has 0 saturated carbocycles. The molecule has 21 heavy (non-hydrogen) atoms. The van der Waals surface area contributed by atoms with Gasteiger partial charge in [-0.15, -0.1) is 11.3 Å². The van der Waals surface area contributed by atoms with E-state index in [9.17, 15) is 4.39 Å². The third kappa shape index (κ3) is 2.97. The predicted octanol–water partition coefficient (Wildman–Crippen LogP) is 4.11. The van der Waals surface area contributed by atoms with Crippen LogP contribution in [0.15, 0.2) is 41.8 Å². The second kappa shape index (κ2) is 5.69. The van der Waals surface area contributed by atoms with Gasteiger partial charge >= 0.3 is 0 Å². The van der Waals surface area contributed by atoms with E-state index >= 15 is 0 Å². The number of halogens is 1. The number of benzene rings is 1. The highest BCUT2D eigenvalue weighted by Crippen LogP contribution is 2.24. The van der Waals surface area contributed by atoms with E-state index < -0.39 is 0 Å². The lowest BCUT2D eigenvalue weighted by Gasteiger charge is -2.11. The third-order valence-corrected chi connectivity index (χ3v) is 4.27. The van der Waals surface area contributed by atoms with Crippen LogP contribution in [-0.4, -0.2) is 9.66 Å². The van der Waals surface area contributed by atoms with Gasteiger partial charge < -0.3 is 5.43 Å². The number of hydrogen-bond donors (Lipinski definition) is 1. The Labute approximate surface area is 127 Å². The van der Waals surface area contributed by atoms with Crippen LogP contribution in [0.4, 0.5) is 4.39 Å². The van der Waals surface area contributed by atoms with Gasteiger partial charge in [-0.2, -0.15) is 0 Å². The summed E-state index contributed by atoms with van der Waals surface area (Å²) in [5.41, 5.74) is 7.61. The maximum atomic E-state index is 12.9. The van der Waals surface area contributed by atoms with E-state index in [1.54, 1.807) is 23.5 Å². The van der Waals surface area contributed by atoms with Gasteiger partial charge in [0.25, 0.3) is 0 Å². The van der Waals surface area contributed by atoms with Crippen molar-refractivity contribution in [3.05, 3.63) is 64.7 Å². The first-order chi connectivity index (χ1) is 10.1. The Hall–Kier alpha value is -2.14. The Morgan fingerprint density at radius 3 is 2.43 bits per heavy atom. The summed E-state index contributed by atoms with van der Waals surface area (Å²) in [5, 5.41) is 2.94. The Morgan fingerprint density at radius 1 is 1.10 bits per heavy atom. The molecule has 0 radical (unpaired) electrons. The van der Waals surface area contributed by atoms with Gasteiger partial charge in [-0.05, 0) is 50.2 Å². The van der Waals surface area contributed by atoms with Crippen molar-refractivity contribution in [2.24, 2.45) is 0 Å². The second-order valence-corrected chi connectivity index (χ2v) is 5.80. The van der Waals surface area contributed by atoms with Gasteiger partial charge in [-0.3, -0.25) is 4.68 Å². The summed E-state index contributed by atoms with van der Waals surface area (Å²) in [6.07, 6.45) is 0. The lowest BCUT2D eigenvalue weighted by molar-refractivity contribution is 0.628. The molecule has 1 N–H and O–H groups in total. The van der Waals surface area contributed by atoms with E-state index in [0.717, 1.165) is 16.3 Å². The van der Waals surface area contributed by atoms with Crippen LogP contribution >= 0.6 is 11.3 Å². The molecular weight excluding hydrogens is 285 g/mol. The molecule has 0 aliphatic rings. The largest absolute Gasteiger partial charge is 0.320 e. The van der Waals surface area contributed by atoms with Crippen molar-refractivity contribution in [1.82, 2.24) is 9.66 Å². The average molecular weight is 301 g/mol. The van der Waals surface area contributed by atoms with E-state index in [2.05, 4.69) is 41.1 Å². The van der Waals surface area contributed by atoms with Crippen molar-refractivity contribution in [2.75, 3.05) is 5.43 Å². The molecule has 0 bridgehead atoms. The molecule has 0 saturated heterocycles. The fourth-order valence-corrected chi connectivity index (χ4v) is 3.02. The van der Waals surface area contributed by atoms with Crippen LogP contribution < -0.4 is 5.43 Å². The van der Waals surface area contributed by atoms with Gasteiger partial charge in [0.15, 0.2) is 0 Å². The topological polar surface area (TPSA) is 29.9 Å². The van der Waals surface area contributed by atoms with E-state index in [1.807, 2.05) is 5.38 Å². The standard InChI is InChI=1S/C16H16FN3S/c1-11-3-4-12(2)20(11)18-9-15-10-21-16(19-15)13-5-7-14(17)8-6-13/h3-8,10,18H,9H2,1-2H3. The summed E-state index contributed by atoms with van der Waals surface area (Å²) in [6.45, 7) is 4.78. The molecule has 3 rings (SSSR count). The maximum Gasteiger partial charge on any atom is 0.123 e. The summed E-state index contributed by atoms with van der Waals surface area (Å²) in [6, 6.07) is 10.6. The first-order valence-corrected chi connectivity index (χ1v) is 7.60. The van der Waals surface area contributed by atoms with Crippen LogP contribution in [-0.2, 0) is 6.54 Å². The van der Waals surface area contributed by atoms with Crippen molar-refractivity contribution in [3.63, 3.8) is 0 Å². The number of nitrogens with zero attached hydrogens (tertiary/aromatic N) is 2. The highest BCUT2D eigenvalue weighted by atomic mass is 32.1. The van der Waals surface area contributed by atoms with Crippen LogP contribution in [0.3, 0.4) is 0 Å². The minimum atomic E-state index is -0.226. The van der Waals surface area contributed by atoms with Gasteiger partial charge in [0.1, 0.15) is 10.8 Å². The van der Waals surface area contributed by atoms with Crippen molar-refractivity contribution in [2.45, 2.75) is 20.4 Å². The number of aromatic nitrogens is 2. The van der Waals surface area contributed by atoms with Crippen LogP contribution in [0, 0.1) is 19.7 Å². The highest BCUT2D eigenvalue weighted by molar-refractivity contribution is 7.13. The first kappa shape index (κ1) is 13.8. The number of rotatable bonds is 4.